The zero-order chi connectivity index (χ0) is 13.3. The smallest absolute Gasteiger partial charge is 0.137 e. The summed E-state index contributed by atoms with van der Waals surface area (Å²) in [6.45, 7) is 0. The van der Waals surface area contributed by atoms with Gasteiger partial charge in [-0.25, -0.2) is 4.39 Å². The zero-order valence-corrected chi connectivity index (χ0v) is 14.4. The van der Waals surface area contributed by atoms with Gasteiger partial charge in [-0.1, -0.05) is 37.9 Å². The van der Waals surface area contributed by atoms with Gasteiger partial charge in [0.15, 0.2) is 0 Å². The van der Waals surface area contributed by atoms with Crippen molar-refractivity contribution in [3.63, 3.8) is 0 Å². The predicted octanol–water partition coefficient (Wildman–Crippen LogP) is 6.44. The highest BCUT2D eigenvalue weighted by Gasteiger charge is 2.15. The molecule has 0 fully saturated rings. The maximum absolute atomic E-state index is 13.2. The number of halogens is 5. The van der Waals surface area contributed by atoms with Crippen LogP contribution in [0.2, 0.25) is 0 Å². The molecule has 0 N–H and O–H groups in total. The van der Waals surface area contributed by atoms with Crippen molar-refractivity contribution < 1.29 is 4.39 Å². The van der Waals surface area contributed by atoms with Crippen molar-refractivity contribution in [3.8, 4) is 0 Å². The third kappa shape index (κ3) is 3.16. The molecule has 94 valence electrons. The molecular weight excluding hydrogens is 450 g/mol. The Morgan fingerprint density at radius 3 is 2.33 bits per heavy atom. The van der Waals surface area contributed by atoms with E-state index in [1.165, 1.54) is 6.07 Å². The maximum atomic E-state index is 13.2. The molecular formula is C13H7Br3ClF. The summed E-state index contributed by atoms with van der Waals surface area (Å²) in [5.41, 5.74) is 1.77. The van der Waals surface area contributed by atoms with Crippen LogP contribution in [0.15, 0.2) is 49.8 Å². The summed E-state index contributed by atoms with van der Waals surface area (Å²) in [6, 6.07) is 10.6. The van der Waals surface area contributed by atoms with E-state index in [0.29, 0.717) is 4.47 Å². The van der Waals surface area contributed by atoms with E-state index in [0.717, 1.165) is 20.1 Å². The van der Waals surface area contributed by atoms with Crippen LogP contribution in [0.5, 0.6) is 0 Å². The molecule has 0 spiro atoms. The van der Waals surface area contributed by atoms with E-state index in [1.807, 2.05) is 18.2 Å². The van der Waals surface area contributed by atoms with E-state index in [9.17, 15) is 4.39 Å². The first kappa shape index (κ1) is 14.5. The highest BCUT2D eigenvalue weighted by Crippen LogP contribution is 2.36. The largest absolute Gasteiger partial charge is 0.206 e. The Morgan fingerprint density at radius 1 is 0.944 bits per heavy atom. The number of benzene rings is 2. The highest BCUT2D eigenvalue weighted by atomic mass is 79.9. The molecule has 5 heteroatoms. The van der Waals surface area contributed by atoms with Crippen LogP contribution in [0.1, 0.15) is 16.5 Å². The highest BCUT2D eigenvalue weighted by molar-refractivity contribution is 9.11. The third-order valence-corrected chi connectivity index (χ3v) is 4.78. The van der Waals surface area contributed by atoms with Gasteiger partial charge in [0.25, 0.3) is 0 Å². The van der Waals surface area contributed by atoms with Crippen LogP contribution in [0.3, 0.4) is 0 Å². The number of hydrogen-bond donors (Lipinski definition) is 0. The quantitative estimate of drug-likeness (QED) is 0.456. The van der Waals surface area contributed by atoms with Crippen LogP contribution >= 0.6 is 59.4 Å². The molecule has 0 bridgehead atoms. The summed E-state index contributed by atoms with van der Waals surface area (Å²) in [6.07, 6.45) is 0. The monoisotopic (exact) mass is 454 g/mol. The molecule has 0 nitrogen and oxygen atoms in total. The number of alkyl halides is 1. The number of hydrogen-bond acceptors (Lipinski definition) is 0. The SMILES string of the molecule is Fc1ccc(C(Cl)c2cc(Br)ccc2Br)cc1Br. The Bertz CT molecular complexity index is 586. The Hall–Kier alpha value is 0.1000. The first-order chi connectivity index (χ1) is 8.49. The van der Waals surface area contributed by atoms with Crippen molar-refractivity contribution >= 4 is 59.4 Å². The molecule has 2 aromatic rings. The van der Waals surface area contributed by atoms with E-state index >= 15 is 0 Å². The minimum Gasteiger partial charge on any atom is -0.206 e. The van der Waals surface area contributed by atoms with Gasteiger partial charge in [0.2, 0.25) is 0 Å². The molecule has 0 aromatic heterocycles. The van der Waals surface area contributed by atoms with Crippen molar-refractivity contribution in [2.75, 3.05) is 0 Å². The van der Waals surface area contributed by atoms with Gasteiger partial charge < -0.3 is 0 Å². The summed E-state index contributed by atoms with van der Waals surface area (Å²) in [5, 5.41) is -0.339. The molecule has 0 amide bonds. The van der Waals surface area contributed by atoms with E-state index in [4.69, 9.17) is 11.6 Å². The molecule has 0 saturated carbocycles. The van der Waals surface area contributed by atoms with Crippen LogP contribution < -0.4 is 0 Å². The minimum absolute atomic E-state index is 0.295. The van der Waals surface area contributed by atoms with Gasteiger partial charge in [-0.05, 0) is 57.4 Å². The van der Waals surface area contributed by atoms with Crippen molar-refractivity contribution in [2.24, 2.45) is 0 Å². The van der Waals surface area contributed by atoms with E-state index in [-0.39, 0.29) is 11.2 Å². The summed E-state index contributed by atoms with van der Waals surface area (Å²) in [5.74, 6) is -0.295. The summed E-state index contributed by atoms with van der Waals surface area (Å²) >= 11 is 16.5. The van der Waals surface area contributed by atoms with Crippen molar-refractivity contribution in [1.29, 1.82) is 0 Å². The van der Waals surface area contributed by atoms with E-state index < -0.39 is 0 Å². The lowest BCUT2D eigenvalue weighted by Crippen LogP contribution is -1.95. The van der Waals surface area contributed by atoms with Gasteiger partial charge in [0.1, 0.15) is 5.82 Å². The lowest BCUT2D eigenvalue weighted by molar-refractivity contribution is 0.620. The second kappa shape index (κ2) is 6.04. The molecule has 2 aromatic carbocycles. The lowest BCUT2D eigenvalue weighted by Gasteiger charge is -2.13. The van der Waals surface area contributed by atoms with Crippen LogP contribution in [0, 0.1) is 5.82 Å². The molecule has 18 heavy (non-hydrogen) atoms. The average Bonchev–Trinajstić information content (AvgIpc) is 2.35. The molecule has 0 aliphatic carbocycles. The molecule has 0 aliphatic rings. The predicted molar refractivity (Wildman–Crippen MR) is 83.6 cm³/mol. The minimum atomic E-state index is -0.339. The van der Waals surface area contributed by atoms with Gasteiger partial charge in [-0.3, -0.25) is 0 Å². The second-order valence-corrected chi connectivity index (χ2v) is 6.76. The van der Waals surface area contributed by atoms with Gasteiger partial charge >= 0.3 is 0 Å². The summed E-state index contributed by atoms with van der Waals surface area (Å²) < 4.78 is 15.5. The van der Waals surface area contributed by atoms with Gasteiger partial charge in [0.05, 0.1) is 9.85 Å². The fourth-order valence-corrected chi connectivity index (χ4v) is 3.26. The van der Waals surface area contributed by atoms with Crippen LogP contribution in [0.25, 0.3) is 0 Å². The molecule has 0 heterocycles. The fraction of sp³-hybridized carbons (Fsp3) is 0.0769. The normalized spacial score (nSPS) is 12.5. The number of rotatable bonds is 2. The average molecular weight is 457 g/mol. The van der Waals surface area contributed by atoms with Crippen LogP contribution in [-0.2, 0) is 0 Å². The Morgan fingerprint density at radius 2 is 1.67 bits per heavy atom. The molecule has 1 atom stereocenters. The first-order valence-electron chi connectivity index (χ1n) is 5.03. The Kier molecular flexibility index (Phi) is 4.86. The Labute approximate surface area is 135 Å². The van der Waals surface area contributed by atoms with Gasteiger partial charge in [0, 0.05) is 8.95 Å². The Balaban J connectivity index is 2.44. The fourth-order valence-electron chi connectivity index (χ4n) is 1.56. The summed E-state index contributed by atoms with van der Waals surface area (Å²) in [7, 11) is 0. The molecule has 0 aliphatic heterocycles. The lowest BCUT2D eigenvalue weighted by atomic mass is 10.0. The van der Waals surface area contributed by atoms with Crippen molar-refractivity contribution in [1.82, 2.24) is 0 Å². The third-order valence-electron chi connectivity index (χ3n) is 2.47. The second-order valence-electron chi connectivity index (χ2n) is 3.70. The van der Waals surface area contributed by atoms with Crippen molar-refractivity contribution in [2.45, 2.75) is 5.38 Å². The van der Waals surface area contributed by atoms with Crippen molar-refractivity contribution in [3.05, 3.63) is 66.8 Å². The van der Waals surface area contributed by atoms with Gasteiger partial charge in [-0.2, -0.15) is 0 Å². The zero-order valence-electron chi connectivity index (χ0n) is 8.93. The van der Waals surface area contributed by atoms with Crippen LogP contribution in [0.4, 0.5) is 4.39 Å². The van der Waals surface area contributed by atoms with E-state index in [2.05, 4.69) is 47.8 Å². The van der Waals surface area contributed by atoms with Gasteiger partial charge in [-0.15, -0.1) is 11.6 Å². The first-order valence-corrected chi connectivity index (χ1v) is 7.84. The van der Waals surface area contributed by atoms with Crippen LogP contribution in [-0.4, -0.2) is 0 Å². The van der Waals surface area contributed by atoms with E-state index in [1.54, 1.807) is 12.1 Å². The maximum Gasteiger partial charge on any atom is 0.137 e. The standard InChI is InChI=1S/C13H7Br3ClF/c14-8-2-3-10(15)9(6-8)13(17)7-1-4-12(18)11(16)5-7/h1-6,13H. The molecule has 1 unspecified atom stereocenters. The molecule has 2 rings (SSSR count). The summed E-state index contributed by atoms with van der Waals surface area (Å²) in [4.78, 5) is 0. The molecule has 0 radical (unpaired) electrons. The topological polar surface area (TPSA) is 0 Å². The molecule has 0 saturated heterocycles.